The number of amides is 2. The Morgan fingerprint density at radius 3 is 2.41 bits per heavy atom. The zero-order chi connectivity index (χ0) is 20.6. The van der Waals surface area contributed by atoms with Crippen molar-refractivity contribution in [3.63, 3.8) is 0 Å². The molecule has 2 amide bonds. The molecule has 1 atom stereocenters. The molecule has 0 saturated carbocycles. The summed E-state index contributed by atoms with van der Waals surface area (Å²) in [6.07, 6.45) is 2.43. The van der Waals surface area contributed by atoms with Crippen LogP contribution in [0.2, 0.25) is 0 Å². The lowest BCUT2D eigenvalue weighted by atomic mass is 10.1. The van der Waals surface area contributed by atoms with E-state index in [4.69, 9.17) is 4.74 Å². The highest BCUT2D eigenvalue weighted by Crippen LogP contribution is 2.16. The van der Waals surface area contributed by atoms with Crippen LogP contribution in [0, 0.1) is 0 Å². The van der Waals surface area contributed by atoms with Crippen LogP contribution in [-0.4, -0.2) is 80.1 Å². The van der Waals surface area contributed by atoms with E-state index >= 15 is 0 Å². The molecule has 0 radical (unpaired) electrons. The Labute approximate surface area is 172 Å². The van der Waals surface area contributed by atoms with Gasteiger partial charge < -0.3 is 25.2 Å². The molecule has 2 saturated heterocycles. The van der Waals surface area contributed by atoms with Gasteiger partial charge in [0.25, 0.3) is 5.91 Å². The number of carbonyl (C=O) groups is 2. The Kier molecular flexibility index (Phi) is 7.46. The van der Waals surface area contributed by atoms with Gasteiger partial charge in [-0.2, -0.15) is 0 Å². The molecule has 0 bridgehead atoms. The highest BCUT2D eigenvalue weighted by molar-refractivity contribution is 5.88. The molecule has 1 aromatic rings. The third-order valence-corrected chi connectivity index (χ3v) is 5.28. The Bertz CT molecular complexity index is 720. The fourth-order valence-electron chi connectivity index (χ4n) is 3.72. The Hall–Kier alpha value is -2.61. The number of rotatable bonds is 5. The normalized spacial score (nSPS) is 19.9. The summed E-state index contributed by atoms with van der Waals surface area (Å²) in [4.78, 5) is 32.1. The highest BCUT2D eigenvalue weighted by atomic mass is 16.5. The minimum atomic E-state index is -0.240. The van der Waals surface area contributed by atoms with E-state index < -0.39 is 0 Å². The van der Waals surface area contributed by atoms with Crippen LogP contribution in [0.5, 0.6) is 0 Å². The Morgan fingerprint density at radius 2 is 1.83 bits per heavy atom. The van der Waals surface area contributed by atoms with Gasteiger partial charge in [-0.1, -0.05) is 12.1 Å². The number of aliphatic imine (C=N–C) groups is 1. The van der Waals surface area contributed by atoms with Gasteiger partial charge >= 0.3 is 0 Å². The minimum absolute atomic E-state index is 0.0687. The molecule has 0 aliphatic carbocycles. The summed E-state index contributed by atoms with van der Waals surface area (Å²) in [7, 11) is 1.79. The molecule has 2 fully saturated rings. The fraction of sp³-hybridized carbons (Fsp3) is 0.571. The van der Waals surface area contributed by atoms with Gasteiger partial charge in [0.05, 0.1) is 0 Å². The van der Waals surface area contributed by atoms with E-state index in [1.54, 1.807) is 7.05 Å². The SMILES string of the molecule is CN=C(NCCc1ccc(NC(C)=O)cc1)N1CCN(C(=O)C2CCCO2)CC1. The molecule has 0 spiro atoms. The first-order chi connectivity index (χ1) is 14.1. The average Bonchev–Trinajstić information content (AvgIpc) is 3.27. The number of hydrogen-bond acceptors (Lipinski definition) is 4. The van der Waals surface area contributed by atoms with E-state index in [0.717, 1.165) is 50.5 Å². The first-order valence-electron chi connectivity index (χ1n) is 10.3. The van der Waals surface area contributed by atoms with Crippen LogP contribution in [0.1, 0.15) is 25.3 Å². The van der Waals surface area contributed by atoms with Crippen molar-refractivity contribution in [2.24, 2.45) is 4.99 Å². The minimum Gasteiger partial charge on any atom is -0.368 e. The molecule has 29 heavy (non-hydrogen) atoms. The second-order valence-electron chi connectivity index (χ2n) is 7.42. The first-order valence-corrected chi connectivity index (χ1v) is 10.3. The van der Waals surface area contributed by atoms with Gasteiger partial charge in [0.15, 0.2) is 5.96 Å². The standard InChI is InChI=1S/C21H31N5O3/c1-16(27)24-18-7-5-17(6-8-18)9-10-23-21(22-2)26-13-11-25(12-14-26)20(28)19-4-3-15-29-19/h5-8,19H,3-4,9-15H2,1-2H3,(H,22,23)(H,24,27). The molecule has 2 N–H and O–H groups in total. The van der Waals surface area contributed by atoms with Crippen LogP contribution >= 0.6 is 0 Å². The maximum absolute atomic E-state index is 12.5. The lowest BCUT2D eigenvalue weighted by molar-refractivity contribution is -0.142. The van der Waals surface area contributed by atoms with Crippen LogP contribution in [0.15, 0.2) is 29.3 Å². The van der Waals surface area contributed by atoms with Gasteiger partial charge in [0.1, 0.15) is 6.10 Å². The zero-order valence-electron chi connectivity index (χ0n) is 17.3. The highest BCUT2D eigenvalue weighted by Gasteiger charge is 2.30. The second-order valence-corrected chi connectivity index (χ2v) is 7.42. The number of nitrogens with one attached hydrogen (secondary N) is 2. The largest absolute Gasteiger partial charge is 0.368 e. The van der Waals surface area contributed by atoms with Gasteiger partial charge in [-0.05, 0) is 37.0 Å². The third kappa shape index (κ3) is 5.93. The van der Waals surface area contributed by atoms with E-state index in [1.165, 1.54) is 12.5 Å². The summed E-state index contributed by atoms with van der Waals surface area (Å²) in [6.45, 7) is 5.90. The van der Waals surface area contributed by atoms with Crippen LogP contribution in [0.4, 0.5) is 5.69 Å². The fourth-order valence-corrected chi connectivity index (χ4v) is 3.72. The van der Waals surface area contributed by atoms with E-state index in [2.05, 4.69) is 20.5 Å². The quantitative estimate of drug-likeness (QED) is 0.570. The molecule has 3 rings (SSSR count). The van der Waals surface area contributed by atoms with Crippen LogP contribution in [-0.2, 0) is 20.7 Å². The topological polar surface area (TPSA) is 86.3 Å². The number of carbonyl (C=O) groups excluding carboxylic acids is 2. The number of benzene rings is 1. The summed E-state index contributed by atoms with van der Waals surface area (Å²) >= 11 is 0. The van der Waals surface area contributed by atoms with Crippen molar-refractivity contribution >= 4 is 23.5 Å². The van der Waals surface area contributed by atoms with Crippen LogP contribution in [0.25, 0.3) is 0 Å². The third-order valence-electron chi connectivity index (χ3n) is 5.28. The van der Waals surface area contributed by atoms with Gasteiger partial charge in [-0.3, -0.25) is 14.6 Å². The smallest absolute Gasteiger partial charge is 0.251 e. The number of ether oxygens (including phenoxy) is 1. The lowest BCUT2D eigenvalue weighted by Crippen LogP contribution is -2.55. The molecule has 8 heteroatoms. The van der Waals surface area contributed by atoms with E-state index in [1.807, 2.05) is 29.2 Å². The maximum atomic E-state index is 12.5. The van der Waals surface area contributed by atoms with Gasteiger partial charge in [-0.25, -0.2) is 0 Å². The number of guanidine groups is 1. The van der Waals surface area contributed by atoms with Crippen molar-refractivity contribution in [1.82, 2.24) is 15.1 Å². The molecular weight excluding hydrogens is 370 g/mol. The zero-order valence-corrected chi connectivity index (χ0v) is 17.3. The molecule has 1 aromatic carbocycles. The van der Waals surface area contributed by atoms with Crippen molar-refractivity contribution in [2.45, 2.75) is 32.3 Å². The summed E-state index contributed by atoms with van der Waals surface area (Å²) in [5.74, 6) is 0.928. The number of piperazine rings is 1. The van der Waals surface area contributed by atoms with Crippen molar-refractivity contribution in [1.29, 1.82) is 0 Å². The maximum Gasteiger partial charge on any atom is 0.251 e. The molecule has 2 heterocycles. The van der Waals surface area contributed by atoms with Gasteiger partial charge in [0, 0.05) is 59.0 Å². The molecule has 1 unspecified atom stereocenters. The van der Waals surface area contributed by atoms with Crippen LogP contribution in [0.3, 0.4) is 0 Å². The summed E-state index contributed by atoms with van der Waals surface area (Å²) in [6, 6.07) is 7.86. The number of anilines is 1. The van der Waals surface area contributed by atoms with Gasteiger partial charge in [-0.15, -0.1) is 0 Å². The van der Waals surface area contributed by atoms with Crippen molar-refractivity contribution in [2.75, 3.05) is 51.7 Å². The second kappa shape index (κ2) is 10.2. The molecule has 2 aliphatic heterocycles. The molecule has 0 aromatic heterocycles. The van der Waals surface area contributed by atoms with Crippen molar-refractivity contribution in [3.05, 3.63) is 29.8 Å². The summed E-state index contributed by atoms with van der Waals surface area (Å²) < 4.78 is 5.52. The molecular formula is C21H31N5O3. The summed E-state index contributed by atoms with van der Waals surface area (Å²) in [5, 5.41) is 6.18. The lowest BCUT2D eigenvalue weighted by Gasteiger charge is -2.37. The van der Waals surface area contributed by atoms with Crippen molar-refractivity contribution < 1.29 is 14.3 Å². The number of hydrogen-bond donors (Lipinski definition) is 2. The van der Waals surface area contributed by atoms with Crippen molar-refractivity contribution in [3.8, 4) is 0 Å². The van der Waals surface area contributed by atoms with Gasteiger partial charge in [0.2, 0.25) is 5.91 Å². The Balaban J connectivity index is 1.41. The predicted octanol–water partition coefficient (Wildman–Crippen LogP) is 1.09. The predicted molar refractivity (Wildman–Crippen MR) is 113 cm³/mol. The monoisotopic (exact) mass is 401 g/mol. The van der Waals surface area contributed by atoms with E-state index in [-0.39, 0.29) is 17.9 Å². The number of nitrogens with zero attached hydrogens (tertiary/aromatic N) is 3. The molecule has 8 nitrogen and oxygen atoms in total. The Morgan fingerprint density at radius 1 is 1.14 bits per heavy atom. The molecule has 158 valence electrons. The van der Waals surface area contributed by atoms with E-state index in [0.29, 0.717) is 19.7 Å². The first kappa shape index (κ1) is 21.1. The van der Waals surface area contributed by atoms with Crippen LogP contribution < -0.4 is 10.6 Å². The molecule has 2 aliphatic rings. The van der Waals surface area contributed by atoms with E-state index in [9.17, 15) is 9.59 Å². The summed E-state index contributed by atoms with van der Waals surface area (Å²) in [5.41, 5.74) is 1.99. The average molecular weight is 402 g/mol.